The molecule has 2 aromatic rings. The molecule has 0 atom stereocenters. The number of nitrogens with zero attached hydrogens (tertiary/aromatic N) is 1. The van der Waals surface area contributed by atoms with Gasteiger partial charge < -0.3 is 0 Å². The molecular weight excluding hydrogens is 306 g/mol. The Kier molecular flexibility index (Phi) is 4.30. The summed E-state index contributed by atoms with van der Waals surface area (Å²) < 4.78 is 0.752. The van der Waals surface area contributed by atoms with Gasteiger partial charge in [0.25, 0.3) is 5.91 Å². The van der Waals surface area contributed by atoms with Crippen molar-refractivity contribution in [1.29, 1.82) is 0 Å². The molecule has 0 aliphatic rings. The Labute approximate surface area is 119 Å². The number of carbonyl (C=O) groups excluding carboxylic acids is 1. The summed E-state index contributed by atoms with van der Waals surface area (Å²) in [6, 6.07) is 11.2. The number of carbonyl (C=O) groups is 1. The molecule has 19 heavy (non-hydrogen) atoms. The van der Waals surface area contributed by atoms with Crippen molar-refractivity contribution in [3.05, 3.63) is 71.0 Å². The van der Waals surface area contributed by atoms with E-state index in [0.717, 1.165) is 10.0 Å². The highest BCUT2D eigenvalue weighted by atomic mass is 79.9. The lowest BCUT2D eigenvalue weighted by atomic mass is 10.2. The van der Waals surface area contributed by atoms with Gasteiger partial charge in [-0.2, -0.15) is 0 Å². The van der Waals surface area contributed by atoms with Crippen molar-refractivity contribution < 1.29 is 4.79 Å². The highest BCUT2D eigenvalue weighted by Crippen LogP contribution is 2.10. The van der Waals surface area contributed by atoms with Crippen molar-refractivity contribution in [1.82, 2.24) is 15.8 Å². The Balaban J connectivity index is 1.96. The first kappa shape index (κ1) is 13.3. The van der Waals surface area contributed by atoms with Crippen LogP contribution in [0.5, 0.6) is 0 Å². The first-order valence-corrected chi connectivity index (χ1v) is 6.37. The average molecular weight is 318 g/mol. The van der Waals surface area contributed by atoms with Crippen molar-refractivity contribution in [3.63, 3.8) is 0 Å². The van der Waals surface area contributed by atoms with Gasteiger partial charge in [-0.25, -0.2) is 0 Å². The number of nitrogens with one attached hydrogen (secondary N) is 2. The second-order valence-corrected chi connectivity index (χ2v) is 4.73. The van der Waals surface area contributed by atoms with E-state index in [9.17, 15) is 4.79 Å². The Morgan fingerprint density at radius 3 is 2.53 bits per heavy atom. The van der Waals surface area contributed by atoms with E-state index < -0.39 is 0 Å². The predicted octanol–water partition coefficient (Wildman–Crippen LogP) is 2.75. The highest BCUT2D eigenvalue weighted by Gasteiger charge is 2.06. The van der Waals surface area contributed by atoms with E-state index in [-0.39, 0.29) is 5.91 Å². The van der Waals surface area contributed by atoms with Crippen LogP contribution < -0.4 is 10.9 Å². The van der Waals surface area contributed by atoms with Crippen LogP contribution in [0, 0.1) is 0 Å². The third-order valence-electron chi connectivity index (χ3n) is 2.42. The molecule has 0 radical (unpaired) electrons. The zero-order valence-electron chi connectivity index (χ0n) is 10.1. The summed E-state index contributed by atoms with van der Waals surface area (Å²) in [6.45, 7) is 3.86. The van der Waals surface area contributed by atoms with Gasteiger partial charge in [-0.15, -0.1) is 0 Å². The van der Waals surface area contributed by atoms with E-state index in [4.69, 9.17) is 0 Å². The van der Waals surface area contributed by atoms with Crippen molar-refractivity contribution in [3.8, 4) is 0 Å². The van der Waals surface area contributed by atoms with Crippen LogP contribution in [-0.4, -0.2) is 10.9 Å². The van der Waals surface area contributed by atoms with Crippen LogP contribution in [-0.2, 0) is 0 Å². The van der Waals surface area contributed by atoms with Crippen molar-refractivity contribution in [2.45, 2.75) is 0 Å². The molecule has 1 amide bonds. The van der Waals surface area contributed by atoms with Crippen LogP contribution in [0.3, 0.4) is 0 Å². The molecule has 0 bridgehead atoms. The third-order valence-corrected chi connectivity index (χ3v) is 2.85. The maximum atomic E-state index is 11.9. The SMILES string of the molecule is C=C(NNC(=O)c1cncc(Br)c1)c1ccccc1. The average Bonchev–Trinajstić information content (AvgIpc) is 2.45. The number of pyridine rings is 1. The maximum absolute atomic E-state index is 11.9. The Morgan fingerprint density at radius 2 is 1.84 bits per heavy atom. The summed E-state index contributed by atoms with van der Waals surface area (Å²) in [5.41, 5.74) is 7.35. The second kappa shape index (κ2) is 6.15. The van der Waals surface area contributed by atoms with Gasteiger partial charge >= 0.3 is 0 Å². The predicted molar refractivity (Wildman–Crippen MR) is 78.0 cm³/mol. The smallest absolute Gasteiger partial charge is 0.271 e. The fourth-order valence-electron chi connectivity index (χ4n) is 1.45. The van der Waals surface area contributed by atoms with Gasteiger partial charge in [0.05, 0.1) is 11.3 Å². The molecule has 0 fully saturated rings. The Hall–Kier alpha value is -2.14. The minimum atomic E-state index is -0.272. The summed E-state index contributed by atoms with van der Waals surface area (Å²) in [7, 11) is 0. The van der Waals surface area contributed by atoms with E-state index in [1.165, 1.54) is 6.20 Å². The quantitative estimate of drug-likeness (QED) is 0.852. The van der Waals surface area contributed by atoms with Crippen LogP contribution in [0.25, 0.3) is 5.70 Å². The molecule has 2 N–H and O–H groups in total. The molecule has 2 rings (SSSR count). The molecule has 5 heteroatoms. The van der Waals surface area contributed by atoms with Crippen LogP contribution in [0.1, 0.15) is 15.9 Å². The molecule has 0 saturated heterocycles. The van der Waals surface area contributed by atoms with Crippen molar-refractivity contribution >= 4 is 27.5 Å². The first-order chi connectivity index (χ1) is 9.16. The zero-order chi connectivity index (χ0) is 13.7. The van der Waals surface area contributed by atoms with Gasteiger partial charge in [-0.05, 0) is 27.6 Å². The topological polar surface area (TPSA) is 54.0 Å². The lowest BCUT2D eigenvalue weighted by Crippen LogP contribution is -2.35. The number of hydrogen-bond acceptors (Lipinski definition) is 3. The number of hydrazine groups is 1. The van der Waals surface area contributed by atoms with Gasteiger partial charge in [0.1, 0.15) is 0 Å². The highest BCUT2D eigenvalue weighted by molar-refractivity contribution is 9.10. The normalized spacial score (nSPS) is 9.74. The molecule has 0 saturated carbocycles. The second-order valence-electron chi connectivity index (χ2n) is 3.82. The first-order valence-electron chi connectivity index (χ1n) is 5.58. The molecule has 0 spiro atoms. The maximum Gasteiger partial charge on any atom is 0.271 e. The minimum Gasteiger partial charge on any atom is -0.298 e. The van der Waals surface area contributed by atoms with Gasteiger partial charge in [0.2, 0.25) is 0 Å². The number of hydrogen-bond donors (Lipinski definition) is 2. The van der Waals surface area contributed by atoms with E-state index >= 15 is 0 Å². The number of aromatic nitrogens is 1. The van der Waals surface area contributed by atoms with Crippen LogP contribution in [0.2, 0.25) is 0 Å². The fourth-order valence-corrected chi connectivity index (χ4v) is 1.82. The summed E-state index contributed by atoms with van der Waals surface area (Å²) in [4.78, 5) is 15.8. The van der Waals surface area contributed by atoms with Crippen molar-refractivity contribution in [2.75, 3.05) is 0 Å². The number of rotatable bonds is 4. The van der Waals surface area contributed by atoms with E-state index in [1.807, 2.05) is 30.3 Å². The summed E-state index contributed by atoms with van der Waals surface area (Å²) in [6.07, 6.45) is 3.11. The van der Waals surface area contributed by atoms with E-state index in [1.54, 1.807) is 12.3 Å². The van der Waals surface area contributed by atoms with Crippen molar-refractivity contribution in [2.24, 2.45) is 0 Å². The molecule has 0 aliphatic heterocycles. The summed E-state index contributed by atoms with van der Waals surface area (Å²) >= 11 is 3.27. The van der Waals surface area contributed by atoms with E-state index in [2.05, 4.69) is 38.3 Å². The van der Waals surface area contributed by atoms with E-state index in [0.29, 0.717) is 11.3 Å². The molecule has 1 aromatic heterocycles. The largest absolute Gasteiger partial charge is 0.298 e. The summed E-state index contributed by atoms with van der Waals surface area (Å²) in [5.74, 6) is -0.272. The number of benzene rings is 1. The third kappa shape index (κ3) is 3.66. The monoisotopic (exact) mass is 317 g/mol. The molecule has 1 heterocycles. The molecule has 96 valence electrons. The van der Waals surface area contributed by atoms with Crippen LogP contribution in [0.15, 0.2) is 59.8 Å². The Morgan fingerprint density at radius 1 is 1.11 bits per heavy atom. The standard InChI is InChI=1S/C14H12BrN3O/c1-10(11-5-3-2-4-6-11)17-18-14(19)12-7-13(15)9-16-8-12/h2-9,17H,1H2,(H,18,19). The summed E-state index contributed by atoms with van der Waals surface area (Å²) in [5, 5.41) is 0. The number of amides is 1. The minimum absolute atomic E-state index is 0.272. The fraction of sp³-hybridized carbons (Fsp3) is 0. The molecular formula is C14H12BrN3O. The molecule has 4 nitrogen and oxygen atoms in total. The van der Waals surface area contributed by atoms with Gasteiger partial charge in [-0.1, -0.05) is 36.9 Å². The van der Waals surface area contributed by atoms with Gasteiger partial charge in [0, 0.05) is 16.9 Å². The van der Waals surface area contributed by atoms with Crippen LogP contribution >= 0.6 is 15.9 Å². The van der Waals surface area contributed by atoms with Gasteiger partial charge in [-0.3, -0.25) is 20.6 Å². The number of halogens is 1. The Bertz CT molecular complexity index is 599. The zero-order valence-corrected chi connectivity index (χ0v) is 11.6. The molecule has 1 aromatic carbocycles. The lowest BCUT2D eigenvalue weighted by molar-refractivity contribution is 0.0942. The molecule has 0 aliphatic carbocycles. The van der Waals surface area contributed by atoms with Gasteiger partial charge in [0.15, 0.2) is 0 Å². The lowest BCUT2D eigenvalue weighted by Gasteiger charge is -2.11. The van der Waals surface area contributed by atoms with Crippen LogP contribution in [0.4, 0.5) is 0 Å². The molecule has 0 unspecified atom stereocenters.